The summed E-state index contributed by atoms with van der Waals surface area (Å²) in [4.78, 5) is 10.9. The van der Waals surface area contributed by atoms with Crippen LogP contribution in [0.4, 0.5) is 0 Å². The first-order valence-electron chi connectivity index (χ1n) is 4.45. The number of hydrogen-bond donors (Lipinski definition) is 2. The second kappa shape index (κ2) is 5.60. The summed E-state index contributed by atoms with van der Waals surface area (Å²) >= 11 is 0. The smallest absolute Gasteiger partial charge is 0.323 e. The lowest BCUT2D eigenvalue weighted by Gasteiger charge is -2.24. The molecule has 0 rings (SSSR count). The van der Waals surface area contributed by atoms with Crippen LogP contribution in [-0.4, -0.2) is 23.2 Å². The van der Waals surface area contributed by atoms with Crippen molar-refractivity contribution in [1.82, 2.24) is 5.32 Å². The van der Waals surface area contributed by atoms with E-state index in [0.717, 1.165) is 6.42 Å². The minimum absolute atomic E-state index is 0.430. The zero-order valence-electron chi connectivity index (χ0n) is 8.48. The number of carbonyl (C=O) groups is 1. The fourth-order valence-corrected chi connectivity index (χ4v) is 1.10. The summed E-state index contributed by atoms with van der Waals surface area (Å²) in [6, 6.07) is 0. The molecule has 0 aliphatic rings. The molecule has 0 aliphatic carbocycles. The van der Waals surface area contributed by atoms with Gasteiger partial charge < -0.3 is 5.11 Å². The Balaban J connectivity index is 4.21. The molecule has 0 amide bonds. The van der Waals surface area contributed by atoms with Crippen LogP contribution in [0.5, 0.6) is 0 Å². The monoisotopic (exact) mass is 183 g/mol. The van der Waals surface area contributed by atoms with E-state index < -0.39 is 11.5 Å². The molecule has 0 aromatic heterocycles. The maximum atomic E-state index is 10.9. The van der Waals surface area contributed by atoms with Crippen LogP contribution in [0.25, 0.3) is 0 Å². The molecule has 2 N–H and O–H groups in total. The van der Waals surface area contributed by atoms with Gasteiger partial charge in [-0.2, -0.15) is 0 Å². The first-order chi connectivity index (χ1) is 6.06. The molecule has 0 saturated heterocycles. The largest absolute Gasteiger partial charge is 0.480 e. The quantitative estimate of drug-likeness (QED) is 0.630. The van der Waals surface area contributed by atoms with Crippen LogP contribution in [0, 0.1) is 11.8 Å². The van der Waals surface area contributed by atoms with Gasteiger partial charge in [-0.15, -0.1) is 5.92 Å². The van der Waals surface area contributed by atoms with Crippen LogP contribution in [0.2, 0.25) is 0 Å². The first-order valence-corrected chi connectivity index (χ1v) is 4.45. The summed E-state index contributed by atoms with van der Waals surface area (Å²) in [5.74, 6) is 4.70. The normalized spacial score (nSPS) is 14.1. The van der Waals surface area contributed by atoms with Gasteiger partial charge in [0.2, 0.25) is 0 Å². The molecule has 0 aromatic rings. The molecule has 1 unspecified atom stereocenters. The molecule has 13 heavy (non-hydrogen) atoms. The van der Waals surface area contributed by atoms with E-state index in [2.05, 4.69) is 17.2 Å². The molecule has 0 bridgehead atoms. The van der Waals surface area contributed by atoms with Crippen molar-refractivity contribution in [1.29, 1.82) is 0 Å². The Kier molecular flexibility index (Phi) is 5.17. The molecule has 0 heterocycles. The second-order valence-electron chi connectivity index (χ2n) is 3.17. The van der Waals surface area contributed by atoms with Crippen molar-refractivity contribution < 1.29 is 9.90 Å². The van der Waals surface area contributed by atoms with Gasteiger partial charge in [-0.05, 0) is 20.3 Å². The van der Waals surface area contributed by atoms with Crippen LogP contribution in [0.15, 0.2) is 0 Å². The highest BCUT2D eigenvalue weighted by atomic mass is 16.4. The molecule has 3 nitrogen and oxygen atoms in total. The molecule has 0 radical (unpaired) electrons. The molecule has 0 aliphatic heterocycles. The third-order valence-electron chi connectivity index (χ3n) is 1.97. The minimum Gasteiger partial charge on any atom is -0.480 e. The van der Waals surface area contributed by atoms with E-state index in [1.165, 1.54) is 0 Å². The highest BCUT2D eigenvalue weighted by molar-refractivity contribution is 5.78. The summed E-state index contributed by atoms with van der Waals surface area (Å²) in [5, 5.41) is 11.9. The van der Waals surface area contributed by atoms with Crippen molar-refractivity contribution in [2.24, 2.45) is 0 Å². The average Bonchev–Trinajstić information content (AvgIpc) is 2.05. The standard InChI is InChI=1S/C10H17NO2/c1-4-6-8-11-10(3,7-5-2)9(12)13/h11H,5,7-8H2,1-3H3,(H,12,13). The van der Waals surface area contributed by atoms with Crippen molar-refractivity contribution >= 4 is 5.97 Å². The van der Waals surface area contributed by atoms with Crippen LogP contribution >= 0.6 is 0 Å². The Bertz CT molecular complexity index is 227. The fourth-order valence-electron chi connectivity index (χ4n) is 1.10. The molecule has 1 atom stereocenters. The third kappa shape index (κ3) is 3.95. The van der Waals surface area contributed by atoms with E-state index in [9.17, 15) is 4.79 Å². The lowest BCUT2D eigenvalue weighted by molar-refractivity contribution is -0.144. The maximum absolute atomic E-state index is 10.9. The summed E-state index contributed by atoms with van der Waals surface area (Å²) in [7, 11) is 0. The van der Waals surface area contributed by atoms with Gasteiger partial charge in [0.05, 0.1) is 6.54 Å². The molecular formula is C10H17NO2. The van der Waals surface area contributed by atoms with Crippen molar-refractivity contribution in [3.05, 3.63) is 0 Å². The van der Waals surface area contributed by atoms with Crippen molar-refractivity contribution in [2.75, 3.05) is 6.54 Å². The summed E-state index contributed by atoms with van der Waals surface area (Å²) in [6.45, 7) is 5.82. The van der Waals surface area contributed by atoms with Gasteiger partial charge in [0, 0.05) is 0 Å². The topological polar surface area (TPSA) is 49.3 Å². The summed E-state index contributed by atoms with van der Waals surface area (Å²) < 4.78 is 0. The Morgan fingerprint density at radius 2 is 2.23 bits per heavy atom. The molecule has 0 aromatic carbocycles. The number of nitrogens with one attached hydrogen (secondary N) is 1. The summed E-state index contributed by atoms with van der Waals surface area (Å²) in [5.41, 5.74) is -0.835. The van der Waals surface area contributed by atoms with E-state index >= 15 is 0 Å². The zero-order chi connectivity index (χ0) is 10.3. The molecule has 0 saturated carbocycles. The number of aliphatic carboxylic acids is 1. The predicted molar refractivity (Wildman–Crippen MR) is 52.4 cm³/mol. The minimum atomic E-state index is -0.835. The van der Waals surface area contributed by atoms with E-state index in [-0.39, 0.29) is 0 Å². The predicted octanol–water partition coefficient (Wildman–Crippen LogP) is 1.24. The van der Waals surface area contributed by atoms with Crippen molar-refractivity contribution in [3.8, 4) is 11.8 Å². The van der Waals surface area contributed by atoms with E-state index in [1.54, 1.807) is 13.8 Å². The van der Waals surface area contributed by atoms with Gasteiger partial charge in [0.25, 0.3) is 0 Å². The Labute approximate surface area is 79.5 Å². The van der Waals surface area contributed by atoms with Gasteiger partial charge in [-0.3, -0.25) is 10.1 Å². The second-order valence-corrected chi connectivity index (χ2v) is 3.17. The number of carboxylic acids is 1. The van der Waals surface area contributed by atoms with Crippen molar-refractivity contribution in [2.45, 2.75) is 39.2 Å². The lowest BCUT2D eigenvalue weighted by Crippen LogP contribution is -2.49. The van der Waals surface area contributed by atoms with Gasteiger partial charge >= 0.3 is 5.97 Å². The highest BCUT2D eigenvalue weighted by Crippen LogP contribution is 2.11. The van der Waals surface area contributed by atoms with Gasteiger partial charge in [-0.25, -0.2) is 0 Å². The van der Waals surface area contributed by atoms with Crippen LogP contribution in [0.1, 0.15) is 33.6 Å². The van der Waals surface area contributed by atoms with E-state index in [4.69, 9.17) is 5.11 Å². The number of rotatable bonds is 5. The third-order valence-corrected chi connectivity index (χ3v) is 1.97. The number of hydrogen-bond acceptors (Lipinski definition) is 2. The van der Waals surface area contributed by atoms with Crippen molar-refractivity contribution in [3.63, 3.8) is 0 Å². The molecule has 3 heteroatoms. The van der Waals surface area contributed by atoms with Crippen LogP contribution in [0.3, 0.4) is 0 Å². The zero-order valence-corrected chi connectivity index (χ0v) is 8.48. The highest BCUT2D eigenvalue weighted by Gasteiger charge is 2.30. The van der Waals surface area contributed by atoms with Crippen LogP contribution < -0.4 is 5.32 Å². The first kappa shape index (κ1) is 12.0. The Hall–Kier alpha value is -1.01. The molecule has 0 spiro atoms. The van der Waals surface area contributed by atoms with Gasteiger partial charge in [-0.1, -0.05) is 19.3 Å². The Morgan fingerprint density at radius 1 is 1.62 bits per heavy atom. The molecule has 0 fully saturated rings. The Morgan fingerprint density at radius 3 is 2.62 bits per heavy atom. The van der Waals surface area contributed by atoms with E-state index in [1.807, 2.05) is 6.92 Å². The molecular weight excluding hydrogens is 166 g/mol. The lowest BCUT2D eigenvalue weighted by atomic mass is 9.96. The average molecular weight is 183 g/mol. The van der Waals surface area contributed by atoms with E-state index in [0.29, 0.717) is 13.0 Å². The van der Waals surface area contributed by atoms with Gasteiger partial charge in [0.15, 0.2) is 0 Å². The number of carboxylic acid groups (broad SMARTS) is 1. The van der Waals surface area contributed by atoms with Gasteiger partial charge in [0.1, 0.15) is 5.54 Å². The SMILES string of the molecule is CC#CCNC(C)(CCC)C(=O)O. The molecule has 74 valence electrons. The maximum Gasteiger partial charge on any atom is 0.323 e. The summed E-state index contributed by atoms with van der Waals surface area (Å²) in [6.07, 6.45) is 1.46. The fraction of sp³-hybridized carbons (Fsp3) is 0.700. The van der Waals surface area contributed by atoms with Crippen LogP contribution in [-0.2, 0) is 4.79 Å².